The molecule has 1 aromatic carbocycles. The highest BCUT2D eigenvalue weighted by Crippen LogP contribution is 2.25. The number of hydrogen-bond donors (Lipinski definition) is 2. The summed E-state index contributed by atoms with van der Waals surface area (Å²) in [6.45, 7) is 8.17. The van der Waals surface area contributed by atoms with Gasteiger partial charge in [0.25, 0.3) is 0 Å². The number of urea groups is 1. The van der Waals surface area contributed by atoms with E-state index in [0.29, 0.717) is 24.7 Å². The SMILES string of the molecule is C[C@@H]1CCCN(CCNC(=O)NC[C@H]2CCN(c3ccc(F)c(F)c3)C2)C1. The number of benzene rings is 1. The highest BCUT2D eigenvalue weighted by atomic mass is 19.2. The normalized spacial score (nSPS) is 23.4. The van der Waals surface area contributed by atoms with Crippen molar-refractivity contribution in [3.8, 4) is 0 Å². The van der Waals surface area contributed by atoms with Crippen molar-refractivity contribution in [2.24, 2.45) is 11.8 Å². The number of carbonyl (C=O) groups is 1. The van der Waals surface area contributed by atoms with E-state index in [1.165, 1.54) is 18.9 Å². The number of likely N-dealkylation sites (tertiary alicyclic amines) is 1. The standard InChI is InChI=1S/C20H30F2N4O/c1-15-3-2-8-25(13-15)10-7-23-20(27)24-12-16-6-9-26(14-16)17-4-5-18(21)19(22)11-17/h4-5,11,15-16H,2-3,6-10,12-14H2,1H3,(H2,23,24,27)/t15-,16-/m1/s1. The molecule has 2 fully saturated rings. The molecular formula is C20H30F2N4O. The molecule has 27 heavy (non-hydrogen) atoms. The van der Waals surface area contributed by atoms with Gasteiger partial charge >= 0.3 is 6.03 Å². The Hall–Kier alpha value is -1.89. The number of anilines is 1. The zero-order valence-corrected chi connectivity index (χ0v) is 16.0. The van der Waals surface area contributed by atoms with Crippen LogP contribution in [0, 0.1) is 23.5 Å². The summed E-state index contributed by atoms with van der Waals surface area (Å²) in [6.07, 6.45) is 3.46. The van der Waals surface area contributed by atoms with E-state index in [1.807, 2.05) is 4.90 Å². The summed E-state index contributed by atoms with van der Waals surface area (Å²) >= 11 is 0. The van der Waals surface area contributed by atoms with Crippen LogP contribution in [0.3, 0.4) is 0 Å². The van der Waals surface area contributed by atoms with E-state index in [4.69, 9.17) is 0 Å². The van der Waals surface area contributed by atoms with E-state index < -0.39 is 11.6 Å². The molecule has 0 unspecified atom stereocenters. The summed E-state index contributed by atoms with van der Waals surface area (Å²) in [7, 11) is 0. The van der Waals surface area contributed by atoms with Crippen molar-refractivity contribution in [2.45, 2.75) is 26.2 Å². The molecule has 0 aromatic heterocycles. The second kappa shape index (κ2) is 9.35. The molecule has 2 saturated heterocycles. The minimum absolute atomic E-state index is 0.133. The summed E-state index contributed by atoms with van der Waals surface area (Å²) in [5.74, 6) is -0.595. The van der Waals surface area contributed by atoms with Crippen LogP contribution in [0.15, 0.2) is 18.2 Å². The third kappa shape index (κ3) is 5.79. The second-order valence-electron chi connectivity index (χ2n) is 7.88. The predicted molar refractivity (Wildman–Crippen MR) is 103 cm³/mol. The molecule has 0 saturated carbocycles. The molecule has 3 rings (SSSR count). The number of amides is 2. The molecule has 2 heterocycles. The number of piperidine rings is 1. The Morgan fingerprint density at radius 1 is 1.15 bits per heavy atom. The van der Waals surface area contributed by atoms with Crippen molar-refractivity contribution in [1.82, 2.24) is 15.5 Å². The largest absolute Gasteiger partial charge is 0.371 e. The van der Waals surface area contributed by atoms with Crippen molar-refractivity contribution in [3.05, 3.63) is 29.8 Å². The fraction of sp³-hybridized carbons (Fsp3) is 0.650. The van der Waals surface area contributed by atoms with Crippen molar-refractivity contribution in [2.75, 3.05) is 50.7 Å². The number of halogens is 2. The van der Waals surface area contributed by atoms with Gasteiger partial charge in [-0.2, -0.15) is 0 Å². The van der Waals surface area contributed by atoms with E-state index in [-0.39, 0.29) is 6.03 Å². The minimum atomic E-state index is -0.827. The van der Waals surface area contributed by atoms with Gasteiger partial charge in [-0.05, 0) is 49.8 Å². The van der Waals surface area contributed by atoms with Crippen molar-refractivity contribution >= 4 is 11.7 Å². The lowest BCUT2D eigenvalue weighted by molar-refractivity contribution is 0.183. The fourth-order valence-corrected chi connectivity index (χ4v) is 4.03. The summed E-state index contributed by atoms with van der Waals surface area (Å²) in [4.78, 5) is 16.4. The molecule has 0 spiro atoms. The van der Waals surface area contributed by atoms with Crippen molar-refractivity contribution in [1.29, 1.82) is 0 Å². The predicted octanol–water partition coefficient (Wildman–Crippen LogP) is 2.82. The van der Waals surface area contributed by atoms with E-state index in [1.54, 1.807) is 6.07 Å². The first kappa shape index (κ1) is 19.9. The van der Waals surface area contributed by atoms with Crippen LogP contribution in [0.25, 0.3) is 0 Å². The first-order valence-electron chi connectivity index (χ1n) is 9.95. The maximum absolute atomic E-state index is 13.4. The quantitative estimate of drug-likeness (QED) is 0.798. The lowest BCUT2D eigenvalue weighted by Gasteiger charge is -2.30. The summed E-state index contributed by atoms with van der Waals surface area (Å²) in [6, 6.07) is 3.86. The molecule has 0 radical (unpaired) electrons. The molecule has 2 aliphatic rings. The third-order valence-corrected chi connectivity index (χ3v) is 5.56. The molecule has 5 nitrogen and oxygen atoms in total. The zero-order valence-electron chi connectivity index (χ0n) is 16.0. The molecule has 0 aliphatic carbocycles. The smallest absolute Gasteiger partial charge is 0.314 e. The average Bonchev–Trinajstić information content (AvgIpc) is 3.11. The van der Waals surface area contributed by atoms with Gasteiger partial charge in [0.05, 0.1) is 0 Å². The van der Waals surface area contributed by atoms with Crippen LogP contribution < -0.4 is 15.5 Å². The van der Waals surface area contributed by atoms with E-state index in [0.717, 1.165) is 51.1 Å². The Bertz CT molecular complexity index is 642. The molecule has 0 bridgehead atoms. The maximum Gasteiger partial charge on any atom is 0.314 e. The maximum atomic E-state index is 13.4. The lowest BCUT2D eigenvalue weighted by atomic mass is 10.0. The Morgan fingerprint density at radius 2 is 2.00 bits per heavy atom. The Balaban J connectivity index is 1.33. The van der Waals surface area contributed by atoms with Crippen LogP contribution in [0.2, 0.25) is 0 Å². The van der Waals surface area contributed by atoms with E-state index in [9.17, 15) is 13.6 Å². The topological polar surface area (TPSA) is 47.6 Å². The molecule has 2 amide bonds. The Kier molecular flexibility index (Phi) is 6.88. The van der Waals surface area contributed by atoms with Gasteiger partial charge in [0, 0.05) is 51.0 Å². The van der Waals surface area contributed by atoms with Crippen LogP contribution >= 0.6 is 0 Å². The van der Waals surface area contributed by atoms with Gasteiger partial charge in [-0.25, -0.2) is 13.6 Å². The van der Waals surface area contributed by atoms with E-state index >= 15 is 0 Å². The molecule has 2 aliphatic heterocycles. The average molecular weight is 380 g/mol. The van der Waals surface area contributed by atoms with Crippen LogP contribution in [0.5, 0.6) is 0 Å². The van der Waals surface area contributed by atoms with Gasteiger partial charge in [0.15, 0.2) is 11.6 Å². The van der Waals surface area contributed by atoms with Crippen LogP contribution in [0.4, 0.5) is 19.3 Å². The summed E-state index contributed by atoms with van der Waals surface area (Å²) in [5.41, 5.74) is 0.691. The molecule has 7 heteroatoms. The first-order chi connectivity index (χ1) is 13.0. The number of nitrogens with zero attached hydrogens (tertiary/aromatic N) is 2. The van der Waals surface area contributed by atoms with Gasteiger partial charge < -0.3 is 20.4 Å². The second-order valence-corrected chi connectivity index (χ2v) is 7.88. The fourth-order valence-electron chi connectivity index (χ4n) is 4.03. The Labute approximate surface area is 160 Å². The zero-order chi connectivity index (χ0) is 19.2. The van der Waals surface area contributed by atoms with Crippen molar-refractivity contribution < 1.29 is 13.6 Å². The van der Waals surface area contributed by atoms with Crippen LogP contribution in [-0.4, -0.2) is 56.7 Å². The van der Waals surface area contributed by atoms with Gasteiger partial charge in [-0.3, -0.25) is 0 Å². The van der Waals surface area contributed by atoms with Gasteiger partial charge in [-0.1, -0.05) is 6.92 Å². The summed E-state index contributed by atoms with van der Waals surface area (Å²) < 4.78 is 26.4. The highest BCUT2D eigenvalue weighted by molar-refractivity contribution is 5.73. The van der Waals surface area contributed by atoms with Gasteiger partial charge in [-0.15, -0.1) is 0 Å². The highest BCUT2D eigenvalue weighted by Gasteiger charge is 2.24. The lowest BCUT2D eigenvalue weighted by Crippen LogP contribution is -2.44. The Morgan fingerprint density at radius 3 is 2.78 bits per heavy atom. The number of carbonyl (C=O) groups excluding carboxylic acids is 1. The molecular weight excluding hydrogens is 350 g/mol. The summed E-state index contributed by atoms with van der Waals surface area (Å²) in [5, 5.41) is 5.86. The number of hydrogen-bond acceptors (Lipinski definition) is 3. The number of rotatable bonds is 6. The van der Waals surface area contributed by atoms with Crippen LogP contribution in [0.1, 0.15) is 26.2 Å². The molecule has 2 atom stereocenters. The van der Waals surface area contributed by atoms with E-state index in [2.05, 4.69) is 22.5 Å². The van der Waals surface area contributed by atoms with Crippen LogP contribution in [-0.2, 0) is 0 Å². The number of nitrogens with one attached hydrogen (secondary N) is 2. The van der Waals surface area contributed by atoms with Gasteiger partial charge in [0.2, 0.25) is 0 Å². The molecule has 150 valence electrons. The molecule has 2 N–H and O–H groups in total. The monoisotopic (exact) mass is 380 g/mol. The molecule has 1 aromatic rings. The minimum Gasteiger partial charge on any atom is -0.371 e. The van der Waals surface area contributed by atoms with Crippen molar-refractivity contribution in [3.63, 3.8) is 0 Å². The third-order valence-electron chi connectivity index (χ3n) is 5.56. The van der Waals surface area contributed by atoms with Gasteiger partial charge in [0.1, 0.15) is 0 Å². The first-order valence-corrected chi connectivity index (χ1v) is 9.95.